The van der Waals surface area contributed by atoms with Gasteiger partial charge in [0.2, 0.25) is 0 Å². The second kappa shape index (κ2) is 5.27. The molecule has 2 aromatic rings. The summed E-state index contributed by atoms with van der Waals surface area (Å²) in [5.41, 5.74) is 7.03. The van der Waals surface area contributed by atoms with Crippen LogP contribution in [0.25, 0.3) is 0 Å². The summed E-state index contributed by atoms with van der Waals surface area (Å²) in [6.07, 6.45) is 0. The fourth-order valence-corrected chi connectivity index (χ4v) is 2.51. The van der Waals surface area contributed by atoms with E-state index in [4.69, 9.17) is 10.5 Å². The molecule has 6 heteroatoms. The average molecular weight is 277 g/mol. The van der Waals surface area contributed by atoms with Crippen LogP contribution in [0.4, 0.5) is 10.8 Å². The number of carbonyl (C=O) groups is 1. The minimum absolute atomic E-state index is 0.125. The van der Waals surface area contributed by atoms with Crippen molar-refractivity contribution in [3.63, 3.8) is 0 Å². The molecule has 1 amide bonds. The number of nitrogens with two attached hydrogens (primary N) is 1. The van der Waals surface area contributed by atoms with Gasteiger partial charge in [0, 0.05) is 18.8 Å². The van der Waals surface area contributed by atoms with Gasteiger partial charge in [0.1, 0.15) is 10.6 Å². The number of hydrogen-bond acceptors (Lipinski definition) is 5. The number of nitrogen functional groups attached to an aromatic ring is 1. The predicted octanol–water partition coefficient (Wildman–Crippen LogP) is 2.32. The standard InChI is InChI=1S/C13H15N3O2S/c1-8-11(19-13(14)15-8)12(17)16(2)9-5-4-6-10(7-9)18-3/h4-7H,1-3H3,(H2,14,15). The van der Waals surface area contributed by atoms with E-state index in [2.05, 4.69) is 4.98 Å². The third-order valence-electron chi connectivity index (χ3n) is 2.75. The van der Waals surface area contributed by atoms with Gasteiger partial charge in [-0.2, -0.15) is 0 Å². The summed E-state index contributed by atoms with van der Waals surface area (Å²) in [4.78, 5) is 18.6. The summed E-state index contributed by atoms with van der Waals surface area (Å²) in [7, 11) is 3.31. The molecule has 0 spiro atoms. The molecule has 100 valence electrons. The summed E-state index contributed by atoms with van der Waals surface area (Å²) >= 11 is 1.20. The van der Waals surface area contributed by atoms with Crippen LogP contribution in [0.5, 0.6) is 5.75 Å². The maximum absolute atomic E-state index is 12.4. The summed E-state index contributed by atoms with van der Waals surface area (Å²) in [5.74, 6) is 0.581. The van der Waals surface area contributed by atoms with Crippen molar-refractivity contribution in [3.8, 4) is 5.75 Å². The fraction of sp³-hybridized carbons (Fsp3) is 0.231. The first-order valence-electron chi connectivity index (χ1n) is 5.68. The summed E-state index contributed by atoms with van der Waals surface area (Å²) in [6.45, 7) is 1.78. The van der Waals surface area contributed by atoms with Crippen LogP contribution in [-0.4, -0.2) is 25.0 Å². The van der Waals surface area contributed by atoms with E-state index in [1.54, 1.807) is 32.0 Å². The van der Waals surface area contributed by atoms with Crippen molar-refractivity contribution in [2.75, 3.05) is 24.8 Å². The Morgan fingerprint density at radius 3 is 2.79 bits per heavy atom. The van der Waals surface area contributed by atoms with Crippen molar-refractivity contribution in [2.45, 2.75) is 6.92 Å². The number of nitrogens with zero attached hydrogens (tertiary/aromatic N) is 2. The molecule has 5 nitrogen and oxygen atoms in total. The number of ether oxygens (including phenoxy) is 1. The van der Waals surface area contributed by atoms with Crippen LogP contribution in [0.15, 0.2) is 24.3 Å². The highest BCUT2D eigenvalue weighted by Gasteiger charge is 2.19. The lowest BCUT2D eigenvalue weighted by atomic mass is 10.2. The van der Waals surface area contributed by atoms with Crippen molar-refractivity contribution in [2.24, 2.45) is 0 Å². The molecule has 19 heavy (non-hydrogen) atoms. The number of anilines is 2. The first-order chi connectivity index (χ1) is 9.02. The van der Waals surface area contributed by atoms with E-state index in [0.717, 1.165) is 5.69 Å². The molecule has 0 aliphatic heterocycles. The van der Waals surface area contributed by atoms with E-state index in [0.29, 0.717) is 21.5 Å². The quantitative estimate of drug-likeness (QED) is 0.934. The van der Waals surface area contributed by atoms with E-state index >= 15 is 0 Å². The molecular formula is C13H15N3O2S. The Hall–Kier alpha value is -2.08. The highest BCUT2D eigenvalue weighted by molar-refractivity contribution is 7.17. The second-order valence-corrected chi connectivity index (χ2v) is 5.06. The van der Waals surface area contributed by atoms with Gasteiger partial charge in [0.15, 0.2) is 5.13 Å². The van der Waals surface area contributed by atoms with Crippen LogP contribution in [0, 0.1) is 6.92 Å². The van der Waals surface area contributed by atoms with E-state index in [1.165, 1.54) is 11.3 Å². The van der Waals surface area contributed by atoms with E-state index < -0.39 is 0 Å². The number of aromatic nitrogens is 1. The Bertz CT molecular complexity index is 610. The Morgan fingerprint density at radius 2 is 2.21 bits per heavy atom. The zero-order valence-corrected chi connectivity index (χ0v) is 11.8. The van der Waals surface area contributed by atoms with Crippen LogP contribution < -0.4 is 15.4 Å². The van der Waals surface area contributed by atoms with Gasteiger partial charge in [0.05, 0.1) is 12.8 Å². The van der Waals surface area contributed by atoms with Gasteiger partial charge in [-0.3, -0.25) is 4.79 Å². The maximum Gasteiger partial charge on any atom is 0.270 e. The first kappa shape index (κ1) is 13.4. The van der Waals surface area contributed by atoms with Crippen molar-refractivity contribution < 1.29 is 9.53 Å². The lowest BCUT2D eigenvalue weighted by Gasteiger charge is -2.17. The van der Waals surface area contributed by atoms with Crippen LogP contribution in [0.1, 0.15) is 15.4 Å². The third kappa shape index (κ3) is 2.68. The van der Waals surface area contributed by atoms with Gasteiger partial charge in [-0.25, -0.2) is 4.98 Å². The summed E-state index contributed by atoms with van der Waals surface area (Å²) < 4.78 is 5.15. The Kier molecular flexibility index (Phi) is 3.71. The topological polar surface area (TPSA) is 68.5 Å². The number of thiazole rings is 1. The molecule has 0 aliphatic carbocycles. The molecule has 0 fully saturated rings. The van der Waals surface area contributed by atoms with Crippen molar-refractivity contribution in [1.82, 2.24) is 4.98 Å². The molecule has 0 radical (unpaired) electrons. The SMILES string of the molecule is COc1cccc(N(C)C(=O)c2sc(N)nc2C)c1. The first-order valence-corrected chi connectivity index (χ1v) is 6.49. The molecule has 0 saturated heterocycles. The third-order valence-corrected chi connectivity index (χ3v) is 3.73. The molecule has 1 aromatic heterocycles. The second-order valence-electron chi connectivity index (χ2n) is 4.03. The van der Waals surface area contributed by atoms with Gasteiger partial charge in [-0.05, 0) is 19.1 Å². The molecule has 1 aromatic carbocycles. The number of aryl methyl sites for hydroxylation is 1. The van der Waals surface area contributed by atoms with E-state index in [-0.39, 0.29) is 5.91 Å². The smallest absolute Gasteiger partial charge is 0.270 e. The maximum atomic E-state index is 12.4. The lowest BCUT2D eigenvalue weighted by molar-refractivity contribution is 0.0996. The van der Waals surface area contributed by atoms with Gasteiger partial charge < -0.3 is 15.4 Å². The predicted molar refractivity (Wildman–Crippen MR) is 77.0 cm³/mol. The van der Waals surface area contributed by atoms with Gasteiger partial charge in [-0.1, -0.05) is 17.4 Å². The van der Waals surface area contributed by atoms with Crippen LogP contribution >= 0.6 is 11.3 Å². The van der Waals surface area contributed by atoms with Crippen molar-refractivity contribution in [1.29, 1.82) is 0 Å². The largest absolute Gasteiger partial charge is 0.497 e. The Balaban J connectivity index is 2.30. The van der Waals surface area contributed by atoms with E-state index in [1.807, 2.05) is 18.2 Å². The molecule has 2 N–H and O–H groups in total. The van der Waals surface area contributed by atoms with Crippen molar-refractivity contribution in [3.05, 3.63) is 34.8 Å². The number of benzene rings is 1. The normalized spacial score (nSPS) is 10.3. The number of rotatable bonds is 3. The molecular weight excluding hydrogens is 262 g/mol. The number of carbonyl (C=O) groups excluding carboxylic acids is 1. The minimum Gasteiger partial charge on any atom is -0.497 e. The monoisotopic (exact) mass is 277 g/mol. The highest BCUT2D eigenvalue weighted by atomic mass is 32.1. The highest BCUT2D eigenvalue weighted by Crippen LogP contribution is 2.25. The van der Waals surface area contributed by atoms with Crippen LogP contribution in [-0.2, 0) is 0 Å². The summed E-state index contributed by atoms with van der Waals surface area (Å²) in [6, 6.07) is 7.32. The van der Waals surface area contributed by atoms with Gasteiger partial charge in [0.25, 0.3) is 5.91 Å². The summed E-state index contributed by atoms with van der Waals surface area (Å²) in [5, 5.41) is 0.403. The molecule has 0 atom stereocenters. The Labute approximate surface area is 115 Å². The molecule has 2 rings (SSSR count). The minimum atomic E-state index is -0.125. The molecule has 0 bridgehead atoms. The lowest BCUT2D eigenvalue weighted by Crippen LogP contribution is -2.26. The molecule has 1 heterocycles. The van der Waals surface area contributed by atoms with Crippen LogP contribution in [0.2, 0.25) is 0 Å². The van der Waals surface area contributed by atoms with E-state index in [9.17, 15) is 4.79 Å². The number of methoxy groups -OCH3 is 1. The molecule has 0 unspecified atom stereocenters. The number of hydrogen-bond donors (Lipinski definition) is 1. The fourth-order valence-electron chi connectivity index (χ4n) is 1.70. The molecule has 0 aliphatic rings. The van der Waals surface area contributed by atoms with Crippen LogP contribution in [0.3, 0.4) is 0 Å². The average Bonchev–Trinajstić information content (AvgIpc) is 2.76. The van der Waals surface area contributed by atoms with Gasteiger partial charge >= 0.3 is 0 Å². The van der Waals surface area contributed by atoms with Gasteiger partial charge in [-0.15, -0.1) is 0 Å². The zero-order chi connectivity index (χ0) is 14.0. The number of amides is 1. The molecule has 0 saturated carbocycles. The zero-order valence-electron chi connectivity index (χ0n) is 11.0. The Morgan fingerprint density at radius 1 is 1.47 bits per heavy atom. The van der Waals surface area contributed by atoms with Crippen molar-refractivity contribution >= 4 is 28.1 Å².